The minimum Gasteiger partial charge on any atom is -0.472 e. The molecule has 0 bridgehead atoms. The van der Waals surface area contributed by atoms with Crippen molar-refractivity contribution in [3.8, 4) is 0 Å². The zero-order valence-corrected chi connectivity index (χ0v) is 12.3. The Hall–Kier alpha value is -1.81. The lowest BCUT2D eigenvalue weighted by Crippen LogP contribution is -2.29. The van der Waals surface area contributed by atoms with Crippen LogP contribution < -0.4 is 0 Å². The molecule has 1 unspecified atom stereocenters. The molecule has 0 saturated carbocycles. The van der Waals surface area contributed by atoms with E-state index in [0.29, 0.717) is 0 Å². The van der Waals surface area contributed by atoms with Gasteiger partial charge in [0.05, 0.1) is 36.8 Å². The third-order valence-corrected chi connectivity index (χ3v) is 3.95. The molecule has 0 spiro atoms. The summed E-state index contributed by atoms with van der Waals surface area (Å²) < 4.78 is 7.40. The average molecular weight is 272 g/mol. The van der Waals surface area contributed by atoms with Crippen LogP contribution in [0.3, 0.4) is 0 Å². The number of hydrogen-bond acceptors (Lipinski definition) is 3. The van der Waals surface area contributed by atoms with Gasteiger partial charge in [-0.05, 0) is 25.5 Å². The molecule has 1 atom stereocenters. The van der Waals surface area contributed by atoms with Gasteiger partial charge in [-0.2, -0.15) is 0 Å². The quantitative estimate of drug-likeness (QED) is 0.900. The highest BCUT2D eigenvalue weighted by atomic mass is 16.5. The molecular formula is C16H20N2O2. The van der Waals surface area contributed by atoms with Gasteiger partial charge >= 0.3 is 0 Å². The lowest BCUT2D eigenvalue weighted by Gasteiger charge is -2.32. The smallest absolute Gasteiger partial charge is 0.101 e. The Kier molecular flexibility index (Phi) is 2.70. The lowest BCUT2D eigenvalue weighted by atomic mass is 9.85. The van der Waals surface area contributed by atoms with Crippen LogP contribution in [0.25, 0.3) is 0 Å². The maximum absolute atomic E-state index is 10.3. The van der Waals surface area contributed by atoms with Crippen LogP contribution in [0.5, 0.6) is 0 Å². The second-order valence-corrected chi connectivity index (χ2v) is 6.58. The zero-order chi connectivity index (χ0) is 14.5. The summed E-state index contributed by atoms with van der Waals surface area (Å²) >= 11 is 0. The molecule has 0 aromatic carbocycles. The summed E-state index contributed by atoms with van der Waals surface area (Å²) in [7, 11) is 0. The Balaban J connectivity index is 2.12. The second-order valence-electron chi connectivity index (χ2n) is 6.58. The van der Waals surface area contributed by atoms with Crippen molar-refractivity contribution >= 4 is 0 Å². The summed E-state index contributed by atoms with van der Waals surface area (Å²) in [4.78, 5) is 4.23. The molecule has 106 valence electrons. The Morgan fingerprint density at radius 1 is 1.40 bits per heavy atom. The fourth-order valence-corrected chi connectivity index (χ4v) is 3.12. The Labute approximate surface area is 119 Å². The molecule has 0 radical (unpaired) electrons. The highest BCUT2D eigenvalue weighted by Crippen LogP contribution is 2.50. The molecule has 4 heteroatoms. The molecule has 2 heterocycles. The van der Waals surface area contributed by atoms with Gasteiger partial charge < -0.3 is 14.4 Å². The van der Waals surface area contributed by atoms with Crippen LogP contribution in [0.15, 0.2) is 48.3 Å². The van der Waals surface area contributed by atoms with Crippen LogP contribution in [0.2, 0.25) is 0 Å². The number of imidazole rings is 1. The number of fused-ring (bicyclic) bond motifs is 1. The van der Waals surface area contributed by atoms with E-state index >= 15 is 0 Å². The van der Waals surface area contributed by atoms with Gasteiger partial charge in [0.2, 0.25) is 0 Å². The van der Waals surface area contributed by atoms with Crippen molar-refractivity contribution in [1.82, 2.24) is 9.55 Å². The van der Waals surface area contributed by atoms with E-state index in [1.807, 2.05) is 6.08 Å². The fraction of sp³-hybridized carbons (Fsp3) is 0.438. The molecule has 2 aliphatic rings. The van der Waals surface area contributed by atoms with Crippen molar-refractivity contribution in [3.05, 3.63) is 54.0 Å². The Bertz CT molecular complexity index is 627. The number of rotatable bonds is 2. The zero-order valence-electron chi connectivity index (χ0n) is 12.3. The molecule has 0 fully saturated rings. The molecule has 1 aliphatic carbocycles. The van der Waals surface area contributed by atoms with Gasteiger partial charge in [-0.3, -0.25) is 0 Å². The largest absolute Gasteiger partial charge is 0.472 e. The van der Waals surface area contributed by atoms with E-state index < -0.39 is 5.60 Å². The number of aromatic nitrogens is 2. The predicted molar refractivity (Wildman–Crippen MR) is 76.7 cm³/mol. The first kappa shape index (κ1) is 13.2. The average Bonchev–Trinajstić information content (AvgIpc) is 2.87. The van der Waals surface area contributed by atoms with Gasteiger partial charge in [0.1, 0.15) is 5.60 Å². The highest BCUT2D eigenvalue weighted by molar-refractivity contribution is 5.50. The lowest BCUT2D eigenvalue weighted by molar-refractivity contribution is 0.0666. The summed E-state index contributed by atoms with van der Waals surface area (Å²) in [5.41, 5.74) is 2.12. The van der Waals surface area contributed by atoms with Gasteiger partial charge in [-0.1, -0.05) is 19.9 Å². The van der Waals surface area contributed by atoms with Crippen molar-refractivity contribution in [2.45, 2.75) is 39.3 Å². The van der Waals surface area contributed by atoms with Crippen molar-refractivity contribution in [2.75, 3.05) is 0 Å². The van der Waals surface area contributed by atoms with Crippen LogP contribution >= 0.6 is 0 Å². The van der Waals surface area contributed by atoms with Crippen molar-refractivity contribution in [3.63, 3.8) is 0 Å². The fourth-order valence-electron chi connectivity index (χ4n) is 3.12. The molecule has 1 aromatic rings. The number of nitrogens with zero attached hydrogens (tertiary/aromatic N) is 2. The maximum Gasteiger partial charge on any atom is 0.101 e. The third kappa shape index (κ3) is 1.91. The normalized spacial score (nSPS) is 23.9. The van der Waals surface area contributed by atoms with E-state index in [1.165, 1.54) is 5.57 Å². The van der Waals surface area contributed by atoms with Crippen LogP contribution in [-0.2, 0) is 10.3 Å². The van der Waals surface area contributed by atoms with Crippen LogP contribution in [0.1, 0.15) is 39.4 Å². The van der Waals surface area contributed by atoms with Crippen molar-refractivity contribution in [1.29, 1.82) is 0 Å². The van der Waals surface area contributed by atoms with Crippen molar-refractivity contribution in [2.24, 2.45) is 5.41 Å². The second kappa shape index (κ2) is 4.09. The standard InChI is InChI=1S/C16H20N2O2/c1-15(2)7-11-5-6-20-9-12(11)14(15)18-10-17-8-13(18)16(3,4)19/h5-10,14,19H,1-4H3. The number of hydrogen-bond donors (Lipinski definition) is 1. The number of aliphatic hydroxyl groups is 1. The van der Waals surface area contributed by atoms with Gasteiger partial charge in [-0.15, -0.1) is 0 Å². The molecule has 3 rings (SSSR count). The van der Waals surface area contributed by atoms with E-state index in [0.717, 1.165) is 11.3 Å². The summed E-state index contributed by atoms with van der Waals surface area (Å²) in [6.45, 7) is 7.93. The minimum absolute atomic E-state index is 0.0695. The summed E-state index contributed by atoms with van der Waals surface area (Å²) in [5, 5.41) is 10.3. The Morgan fingerprint density at radius 3 is 2.85 bits per heavy atom. The molecule has 1 N–H and O–H groups in total. The molecule has 1 aromatic heterocycles. The SMILES string of the molecule is CC(C)(O)c1cncn1C1C2=COC=CC2=CC1(C)C. The van der Waals surface area contributed by atoms with Crippen molar-refractivity contribution < 1.29 is 9.84 Å². The molecule has 0 saturated heterocycles. The highest BCUT2D eigenvalue weighted by Gasteiger charge is 2.41. The van der Waals surface area contributed by atoms with E-state index in [4.69, 9.17) is 4.74 Å². The monoisotopic (exact) mass is 272 g/mol. The Morgan fingerprint density at radius 2 is 2.15 bits per heavy atom. The van der Waals surface area contributed by atoms with Crippen LogP contribution in [-0.4, -0.2) is 14.7 Å². The number of ether oxygens (including phenoxy) is 1. The van der Waals surface area contributed by atoms with Gasteiger partial charge in [0, 0.05) is 11.0 Å². The first-order valence-electron chi connectivity index (χ1n) is 6.81. The third-order valence-electron chi connectivity index (χ3n) is 3.95. The summed E-state index contributed by atoms with van der Waals surface area (Å²) in [6.07, 6.45) is 11.2. The molecule has 1 aliphatic heterocycles. The van der Waals surface area contributed by atoms with E-state index in [9.17, 15) is 5.11 Å². The molecular weight excluding hydrogens is 252 g/mol. The minimum atomic E-state index is -0.929. The summed E-state index contributed by atoms with van der Waals surface area (Å²) in [5.74, 6) is 0. The maximum atomic E-state index is 10.3. The van der Waals surface area contributed by atoms with Gasteiger partial charge in [0.25, 0.3) is 0 Å². The molecule has 4 nitrogen and oxygen atoms in total. The first-order valence-corrected chi connectivity index (χ1v) is 6.81. The molecule has 0 amide bonds. The predicted octanol–water partition coefficient (Wildman–Crippen LogP) is 3.05. The van der Waals surface area contributed by atoms with Crippen LogP contribution in [0, 0.1) is 5.41 Å². The molecule has 20 heavy (non-hydrogen) atoms. The van der Waals surface area contributed by atoms with E-state index in [-0.39, 0.29) is 11.5 Å². The van der Waals surface area contributed by atoms with Crippen LogP contribution in [0.4, 0.5) is 0 Å². The summed E-state index contributed by atoms with van der Waals surface area (Å²) in [6, 6.07) is 0.0753. The topological polar surface area (TPSA) is 47.3 Å². The van der Waals surface area contributed by atoms with E-state index in [2.05, 4.69) is 29.5 Å². The van der Waals surface area contributed by atoms with Gasteiger partial charge in [-0.25, -0.2) is 4.98 Å². The van der Waals surface area contributed by atoms with Gasteiger partial charge in [0.15, 0.2) is 0 Å². The first-order chi connectivity index (χ1) is 9.31. The number of allylic oxidation sites excluding steroid dienone is 4. The van der Waals surface area contributed by atoms with E-state index in [1.54, 1.807) is 38.9 Å².